The maximum Gasteiger partial charge on any atom is 0.335 e. The molecule has 21 heavy (non-hydrogen) atoms. The lowest BCUT2D eigenvalue weighted by Crippen LogP contribution is -2.39. The van der Waals surface area contributed by atoms with Gasteiger partial charge in [-0.25, -0.2) is 4.79 Å². The lowest BCUT2D eigenvalue weighted by Gasteiger charge is -2.18. The largest absolute Gasteiger partial charge is 0.454 e. The minimum atomic E-state index is -0.690. The summed E-state index contributed by atoms with van der Waals surface area (Å²) in [6.07, 6.45) is 1.36. The van der Waals surface area contributed by atoms with Gasteiger partial charge in [0.15, 0.2) is 12.7 Å². The van der Waals surface area contributed by atoms with Gasteiger partial charge in [-0.3, -0.25) is 4.79 Å². The molecule has 122 valence electrons. The highest BCUT2D eigenvalue weighted by Crippen LogP contribution is 2.12. The van der Waals surface area contributed by atoms with Crippen LogP contribution < -0.4 is 5.32 Å². The monoisotopic (exact) mass is 301 g/mol. The summed E-state index contributed by atoms with van der Waals surface area (Å²) in [4.78, 5) is 23.3. The van der Waals surface area contributed by atoms with Crippen LogP contribution in [0.5, 0.6) is 0 Å². The van der Waals surface area contributed by atoms with Crippen LogP contribution in [0.25, 0.3) is 0 Å². The molecule has 1 aliphatic heterocycles. The van der Waals surface area contributed by atoms with Crippen molar-refractivity contribution in [2.75, 3.05) is 19.8 Å². The van der Waals surface area contributed by atoms with Crippen molar-refractivity contribution in [1.29, 1.82) is 0 Å². The smallest absolute Gasteiger partial charge is 0.335 e. The van der Waals surface area contributed by atoms with Crippen LogP contribution in [0.2, 0.25) is 0 Å². The first kappa shape index (κ1) is 17.9. The highest BCUT2D eigenvalue weighted by Gasteiger charge is 2.21. The van der Waals surface area contributed by atoms with E-state index in [9.17, 15) is 9.59 Å². The SMILES string of the molecule is CC(OCC1CCCO1)C(=O)OCC(=O)NC(C)C(C)C. The number of amides is 1. The number of carbonyl (C=O) groups excluding carboxylic acids is 2. The molecule has 0 bridgehead atoms. The molecule has 1 N–H and O–H groups in total. The average Bonchev–Trinajstić information content (AvgIpc) is 2.95. The first-order valence-corrected chi connectivity index (χ1v) is 7.59. The second-order valence-corrected chi connectivity index (χ2v) is 5.82. The van der Waals surface area contributed by atoms with Crippen molar-refractivity contribution in [3.8, 4) is 0 Å². The Hall–Kier alpha value is -1.14. The first-order valence-electron chi connectivity index (χ1n) is 7.59. The highest BCUT2D eigenvalue weighted by atomic mass is 16.6. The minimum Gasteiger partial charge on any atom is -0.454 e. The number of carbonyl (C=O) groups is 2. The molecular formula is C15H27NO5. The van der Waals surface area contributed by atoms with Gasteiger partial charge in [-0.1, -0.05) is 13.8 Å². The summed E-state index contributed by atoms with van der Waals surface area (Å²) in [6.45, 7) is 8.41. The van der Waals surface area contributed by atoms with Crippen LogP contribution in [0.15, 0.2) is 0 Å². The standard InChI is InChI=1S/C15H27NO5/c1-10(2)11(3)16-14(17)9-21-15(18)12(4)20-8-13-6-5-7-19-13/h10-13H,5-9H2,1-4H3,(H,16,17). The Morgan fingerprint density at radius 2 is 2.00 bits per heavy atom. The zero-order valence-corrected chi connectivity index (χ0v) is 13.4. The molecule has 6 heteroatoms. The fourth-order valence-corrected chi connectivity index (χ4v) is 1.81. The van der Waals surface area contributed by atoms with E-state index in [1.807, 2.05) is 20.8 Å². The molecule has 6 nitrogen and oxygen atoms in total. The Morgan fingerprint density at radius 3 is 2.57 bits per heavy atom. The van der Waals surface area contributed by atoms with E-state index in [1.54, 1.807) is 6.92 Å². The Bertz CT molecular complexity index is 339. The number of rotatable bonds is 8. The summed E-state index contributed by atoms with van der Waals surface area (Å²) in [5.74, 6) is -0.491. The molecule has 0 aromatic heterocycles. The van der Waals surface area contributed by atoms with Gasteiger partial charge in [0.05, 0.1) is 12.7 Å². The van der Waals surface area contributed by atoms with Gasteiger partial charge < -0.3 is 19.5 Å². The molecule has 1 rings (SSSR count). The van der Waals surface area contributed by atoms with Gasteiger partial charge in [0, 0.05) is 12.6 Å². The van der Waals surface area contributed by atoms with Crippen molar-refractivity contribution >= 4 is 11.9 Å². The molecule has 1 fully saturated rings. The van der Waals surface area contributed by atoms with E-state index in [0.717, 1.165) is 19.4 Å². The topological polar surface area (TPSA) is 73.9 Å². The quantitative estimate of drug-likeness (QED) is 0.684. The zero-order chi connectivity index (χ0) is 15.8. The predicted molar refractivity (Wildman–Crippen MR) is 77.8 cm³/mol. The number of nitrogens with one attached hydrogen (secondary N) is 1. The van der Waals surface area contributed by atoms with Crippen molar-refractivity contribution < 1.29 is 23.8 Å². The number of hydrogen-bond donors (Lipinski definition) is 1. The van der Waals surface area contributed by atoms with Crippen LogP contribution in [0.4, 0.5) is 0 Å². The molecule has 1 amide bonds. The lowest BCUT2D eigenvalue weighted by molar-refractivity contribution is -0.160. The molecule has 1 saturated heterocycles. The summed E-state index contributed by atoms with van der Waals surface area (Å²) in [5, 5.41) is 2.77. The lowest BCUT2D eigenvalue weighted by atomic mass is 10.1. The third-order valence-corrected chi connectivity index (χ3v) is 3.62. The molecule has 0 spiro atoms. The fraction of sp³-hybridized carbons (Fsp3) is 0.867. The molecule has 0 radical (unpaired) electrons. The number of esters is 1. The summed E-state index contributed by atoms with van der Waals surface area (Å²) >= 11 is 0. The Labute approximate surface area is 126 Å². The normalized spacial score (nSPS) is 21.1. The zero-order valence-electron chi connectivity index (χ0n) is 13.4. The number of hydrogen-bond acceptors (Lipinski definition) is 5. The van der Waals surface area contributed by atoms with Crippen LogP contribution in [0, 0.1) is 5.92 Å². The molecule has 0 aromatic rings. The van der Waals surface area contributed by atoms with Crippen molar-refractivity contribution in [1.82, 2.24) is 5.32 Å². The Kier molecular flexibility index (Phi) is 7.67. The maximum absolute atomic E-state index is 11.7. The Morgan fingerprint density at radius 1 is 1.29 bits per heavy atom. The van der Waals surface area contributed by atoms with Crippen molar-refractivity contribution in [3.05, 3.63) is 0 Å². The summed E-state index contributed by atoms with van der Waals surface area (Å²) in [5.41, 5.74) is 0. The van der Waals surface area contributed by atoms with Crippen LogP contribution in [0.1, 0.15) is 40.5 Å². The van der Waals surface area contributed by atoms with Crippen molar-refractivity contribution in [2.24, 2.45) is 5.92 Å². The Balaban J connectivity index is 2.17. The second kappa shape index (κ2) is 9.00. The van der Waals surface area contributed by atoms with Gasteiger partial charge in [0.1, 0.15) is 0 Å². The average molecular weight is 301 g/mol. The van der Waals surface area contributed by atoms with Crippen molar-refractivity contribution in [2.45, 2.75) is 58.8 Å². The highest BCUT2D eigenvalue weighted by molar-refractivity contribution is 5.82. The van der Waals surface area contributed by atoms with E-state index in [1.165, 1.54) is 0 Å². The van der Waals surface area contributed by atoms with Crippen LogP contribution in [-0.4, -0.2) is 49.9 Å². The van der Waals surface area contributed by atoms with E-state index in [4.69, 9.17) is 14.2 Å². The van der Waals surface area contributed by atoms with E-state index >= 15 is 0 Å². The summed E-state index contributed by atoms with van der Waals surface area (Å²) < 4.78 is 15.8. The molecule has 1 heterocycles. The minimum absolute atomic E-state index is 0.0457. The second-order valence-electron chi connectivity index (χ2n) is 5.82. The molecule has 0 aliphatic carbocycles. The first-order chi connectivity index (χ1) is 9.90. The van der Waals surface area contributed by atoms with Gasteiger partial charge in [-0.05, 0) is 32.6 Å². The number of ether oxygens (including phenoxy) is 3. The molecule has 3 unspecified atom stereocenters. The molecule has 3 atom stereocenters. The molecule has 0 aromatic carbocycles. The van der Waals surface area contributed by atoms with Gasteiger partial charge in [-0.15, -0.1) is 0 Å². The molecule has 0 saturated carbocycles. The fourth-order valence-electron chi connectivity index (χ4n) is 1.81. The van der Waals surface area contributed by atoms with Crippen LogP contribution in [0.3, 0.4) is 0 Å². The van der Waals surface area contributed by atoms with E-state index in [2.05, 4.69) is 5.32 Å². The van der Waals surface area contributed by atoms with Crippen LogP contribution in [-0.2, 0) is 23.8 Å². The van der Waals surface area contributed by atoms with E-state index in [0.29, 0.717) is 12.5 Å². The third-order valence-electron chi connectivity index (χ3n) is 3.62. The van der Waals surface area contributed by atoms with E-state index in [-0.39, 0.29) is 24.7 Å². The van der Waals surface area contributed by atoms with Gasteiger partial charge in [-0.2, -0.15) is 0 Å². The summed E-state index contributed by atoms with van der Waals surface area (Å²) in [7, 11) is 0. The van der Waals surface area contributed by atoms with Gasteiger partial charge in [0.2, 0.25) is 0 Å². The third kappa shape index (κ3) is 6.91. The molecule has 1 aliphatic rings. The van der Waals surface area contributed by atoms with Crippen LogP contribution >= 0.6 is 0 Å². The van der Waals surface area contributed by atoms with Gasteiger partial charge >= 0.3 is 5.97 Å². The van der Waals surface area contributed by atoms with Gasteiger partial charge in [0.25, 0.3) is 5.91 Å². The maximum atomic E-state index is 11.7. The molecular weight excluding hydrogens is 274 g/mol. The van der Waals surface area contributed by atoms with Crippen molar-refractivity contribution in [3.63, 3.8) is 0 Å². The van der Waals surface area contributed by atoms with E-state index < -0.39 is 12.1 Å². The predicted octanol–water partition coefficient (Wildman–Crippen LogP) is 1.27. The summed E-state index contributed by atoms with van der Waals surface area (Å²) in [6, 6.07) is 0.0457.